The molecule has 0 aliphatic carbocycles. The molecule has 1 N–H and O–H groups in total. The minimum Gasteiger partial charge on any atom is -0.324 e. The maximum Gasteiger partial charge on any atom is 0.346 e. The summed E-state index contributed by atoms with van der Waals surface area (Å²) in [5.74, 6) is 1.02. The van der Waals surface area contributed by atoms with E-state index in [1.165, 1.54) is 10.2 Å². The summed E-state index contributed by atoms with van der Waals surface area (Å²) in [7, 11) is 0. The summed E-state index contributed by atoms with van der Waals surface area (Å²) in [6.45, 7) is 4.91. The van der Waals surface area contributed by atoms with Crippen LogP contribution in [0.3, 0.4) is 0 Å². The van der Waals surface area contributed by atoms with Gasteiger partial charge in [-0.15, -0.1) is 0 Å². The molecule has 0 bridgehead atoms. The SMILES string of the molecule is CC(C)c1ccc(NC(=O)Cn2nc3n(c2=O)CCCCC3)cc1. The first-order chi connectivity index (χ1) is 11.5. The molecule has 0 spiro atoms. The van der Waals surface area contributed by atoms with Gasteiger partial charge in [0, 0.05) is 18.7 Å². The highest BCUT2D eigenvalue weighted by atomic mass is 16.2. The molecule has 1 aromatic carbocycles. The number of anilines is 1. The monoisotopic (exact) mass is 328 g/mol. The lowest BCUT2D eigenvalue weighted by molar-refractivity contribution is -0.117. The van der Waals surface area contributed by atoms with Gasteiger partial charge >= 0.3 is 5.69 Å². The fraction of sp³-hybridized carbons (Fsp3) is 0.500. The van der Waals surface area contributed by atoms with Crippen molar-refractivity contribution in [2.45, 2.75) is 58.5 Å². The molecular formula is C18H24N4O2. The predicted molar refractivity (Wildman–Crippen MR) is 93.2 cm³/mol. The smallest absolute Gasteiger partial charge is 0.324 e. The Hall–Kier alpha value is -2.37. The molecule has 128 valence electrons. The summed E-state index contributed by atoms with van der Waals surface area (Å²) in [6.07, 6.45) is 3.97. The molecule has 0 atom stereocenters. The van der Waals surface area contributed by atoms with Crippen molar-refractivity contribution in [3.8, 4) is 0 Å². The summed E-state index contributed by atoms with van der Waals surface area (Å²) in [5, 5.41) is 7.16. The molecule has 6 heteroatoms. The van der Waals surface area contributed by atoms with Gasteiger partial charge in [0.15, 0.2) is 0 Å². The molecule has 1 aliphatic heterocycles. The van der Waals surface area contributed by atoms with Gasteiger partial charge in [0.2, 0.25) is 5.91 Å². The van der Waals surface area contributed by atoms with Gasteiger partial charge in [-0.25, -0.2) is 9.48 Å². The Kier molecular flexibility index (Phi) is 4.83. The zero-order chi connectivity index (χ0) is 17.1. The lowest BCUT2D eigenvalue weighted by atomic mass is 10.0. The molecule has 2 heterocycles. The van der Waals surface area contributed by atoms with Crippen molar-refractivity contribution in [1.82, 2.24) is 14.3 Å². The van der Waals surface area contributed by atoms with E-state index in [1.54, 1.807) is 4.57 Å². The van der Waals surface area contributed by atoms with Gasteiger partial charge in [0.1, 0.15) is 12.4 Å². The Morgan fingerprint density at radius 2 is 1.96 bits per heavy atom. The van der Waals surface area contributed by atoms with Crippen LogP contribution in [0.1, 0.15) is 50.4 Å². The quantitative estimate of drug-likeness (QED) is 0.938. The number of aromatic nitrogens is 3. The topological polar surface area (TPSA) is 68.9 Å². The highest BCUT2D eigenvalue weighted by Crippen LogP contribution is 2.17. The van der Waals surface area contributed by atoms with E-state index in [9.17, 15) is 9.59 Å². The van der Waals surface area contributed by atoms with Crippen LogP contribution < -0.4 is 11.0 Å². The summed E-state index contributed by atoms with van der Waals surface area (Å²) < 4.78 is 2.98. The second-order valence-electron chi connectivity index (χ2n) is 6.64. The Balaban J connectivity index is 1.68. The minimum atomic E-state index is -0.234. The summed E-state index contributed by atoms with van der Waals surface area (Å²) in [5.41, 5.74) is 1.78. The number of amides is 1. The molecule has 1 amide bonds. The second-order valence-corrected chi connectivity index (χ2v) is 6.64. The van der Waals surface area contributed by atoms with Crippen LogP contribution in [0.25, 0.3) is 0 Å². The number of aryl methyl sites for hydroxylation is 1. The summed E-state index contributed by atoms with van der Waals surface area (Å²) in [6, 6.07) is 7.79. The van der Waals surface area contributed by atoms with Gasteiger partial charge in [0.25, 0.3) is 0 Å². The average Bonchev–Trinajstić information content (AvgIpc) is 2.73. The van der Waals surface area contributed by atoms with Gasteiger partial charge in [-0.3, -0.25) is 9.36 Å². The molecule has 1 aliphatic rings. The van der Waals surface area contributed by atoms with E-state index < -0.39 is 0 Å². The van der Waals surface area contributed by atoms with Crippen LogP contribution >= 0.6 is 0 Å². The number of carbonyl (C=O) groups is 1. The molecule has 0 saturated carbocycles. The van der Waals surface area contributed by atoms with E-state index in [0.717, 1.165) is 37.2 Å². The van der Waals surface area contributed by atoms with Crippen molar-refractivity contribution in [1.29, 1.82) is 0 Å². The number of carbonyl (C=O) groups excluding carboxylic acids is 1. The predicted octanol–water partition coefficient (Wildman–Crippen LogP) is 2.53. The maximum atomic E-state index is 12.4. The lowest BCUT2D eigenvalue weighted by Gasteiger charge is -2.08. The van der Waals surface area contributed by atoms with Gasteiger partial charge < -0.3 is 5.32 Å². The highest BCUT2D eigenvalue weighted by Gasteiger charge is 2.17. The first-order valence-electron chi connectivity index (χ1n) is 8.61. The fourth-order valence-electron chi connectivity index (χ4n) is 3.02. The first kappa shape index (κ1) is 16.5. The van der Waals surface area contributed by atoms with Gasteiger partial charge in [0.05, 0.1) is 0 Å². The van der Waals surface area contributed by atoms with E-state index >= 15 is 0 Å². The number of hydrogen-bond acceptors (Lipinski definition) is 3. The zero-order valence-electron chi connectivity index (χ0n) is 14.3. The number of rotatable bonds is 4. The third-order valence-corrected chi connectivity index (χ3v) is 4.44. The van der Waals surface area contributed by atoms with Crippen LogP contribution in [0.4, 0.5) is 5.69 Å². The van der Waals surface area contributed by atoms with Gasteiger partial charge in [-0.1, -0.05) is 32.4 Å². The molecule has 0 fully saturated rings. The third-order valence-electron chi connectivity index (χ3n) is 4.44. The van der Waals surface area contributed by atoms with E-state index in [4.69, 9.17) is 0 Å². The van der Waals surface area contributed by atoms with Crippen LogP contribution in [0.2, 0.25) is 0 Å². The van der Waals surface area contributed by atoms with Crippen LogP contribution in [0.5, 0.6) is 0 Å². The molecule has 0 saturated heterocycles. The van der Waals surface area contributed by atoms with E-state index in [2.05, 4.69) is 24.3 Å². The van der Waals surface area contributed by atoms with E-state index in [-0.39, 0.29) is 18.1 Å². The van der Waals surface area contributed by atoms with Crippen molar-refractivity contribution in [2.24, 2.45) is 0 Å². The molecule has 24 heavy (non-hydrogen) atoms. The molecule has 6 nitrogen and oxygen atoms in total. The molecular weight excluding hydrogens is 304 g/mol. The van der Waals surface area contributed by atoms with Crippen molar-refractivity contribution >= 4 is 11.6 Å². The normalized spacial score (nSPS) is 14.3. The highest BCUT2D eigenvalue weighted by molar-refractivity contribution is 5.90. The van der Waals surface area contributed by atoms with Crippen molar-refractivity contribution in [3.05, 3.63) is 46.1 Å². The molecule has 0 radical (unpaired) electrons. The molecule has 1 aromatic heterocycles. The van der Waals surface area contributed by atoms with Crippen LogP contribution in [-0.2, 0) is 24.3 Å². The fourth-order valence-corrected chi connectivity index (χ4v) is 3.02. The van der Waals surface area contributed by atoms with Crippen LogP contribution in [-0.4, -0.2) is 20.3 Å². The first-order valence-corrected chi connectivity index (χ1v) is 8.61. The third kappa shape index (κ3) is 3.58. The van der Waals surface area contributed by atoms with Crippen LogP contribution in [0.15, 0.2) is 29.1 Å². The Bertz CT molecular complexity index is 771. The van der Waals surface area contributed by atoms with Gasteiger partial charge in [-0.05, 0) is 36.5 Å². The largest absolute Gasteiger partial charge is 0.346 e. The van der Waals surface area contributed by atoms with Crippen LogP contribution in [0, 0.1) is 0 Å². The molecule has 3 rings (SSSR count). The van der Waals surface area contributed by atoms with Crippen molar-refractivity contribution in [2.75, 3.05) is 5.32 Å². The van der Waals surface area contributed by atoms with Crippen molar-refractivity contribution < 1.29 is 4.79 Å². The second kappa shape index (κ2) is 7.03. The molecule has 0 unspecified atom stereocenters. The number of benzene rings is 1. The van der Waals surface area contributed by atoms with E-state index in [1.807, 2.05) is 24.3 Å². The molecule has 2 aromatic rings. The standard InChI is InChI=1S/C18H24N4O2/c1-13(2)14-7-9-15(10-8-14)19-17(23)12-22-18(24)21-11-5-3-4-6-16(21)20-22/h7-10,13H,3-6,11-12H2,1-2H3,(H,19,23). The van der Waals surface area contributed by atoms with Gasteiger partial charge in [-0.2, -0.15) is 5.10 Å². The number of fused-ring (bicyclic) bond motifs is 1. The minimum absolute atomic E-state index is 0.0508. The Labute approximate surface area is 141 Å². The Morgan fingerprint density at radius 3 is 2.67 bits per heavy atom. The average molecular weight is 328 g/mol. The maximum absolute atomic E-state index is 12.4. The van der Waals surface area contributed by atoms with E-state index in [0.29, 0.717) is 12.5 Å². The number of nitrogens with one attached hydrogen (secondary N) is 1. The number of hydrogen-bond donors (Lipinski definition) is 1. The van der Waals surface area contributed by atoms with Crippen molar-refractivity contribution in [3.63, 3.8) is 0 Å². The Morgan fingerprint density at radius 1 is 1.21 bits per heavy atom. The zero-order valence-corrected chi connectivity index (χ0v) is 14.3. The number of nitrogens with zero attached hydrogens (tertiary/aromatic N) is 3. The lowest BCUT2D eigenvalue weighted by Crippen LogP contribution is -2.30. The summed E-state index contributed by atoms with van der Waals surface area (Å²) in [4.78, 5) is 24.6. The summed E-state index contributed by atoms with van der Waals surface area (Å²) >= 11 is 0.